The Hall–Kier alpha value is -1.14. The standard InChI is InChI=1S/C12H8Cl2FNO2S/c13-11-8(7-3-1-2-4-9(7)15)5-6-10(12(11)14)19(16,17)18/h1-6H,(H2,16,17,18). The van der Waals surface area contributed by atoms with E-state index in [2.05, 4.69) is 0 Å². The van der Waals surface area contributed by atoms with E-state index in [1.165, 1.54) is 30.3 Å². The number of hydrogen-bond donors (Lipinski definition) is 1. The maximum absolute atomic E-state index is 13.7. The van der Waals surface area contributed by atoms with Crippen molar-refractivity contribution in [3.63, 3.8) is 0 Å². The molecule has 7 heteroatoms. The molecule has 0 heterocycles. The van der Waals surface area contributed by atoms with E-state index in [0.717, 1.165) is 0 Å². The molecule has 0 aromatic heterocycles. The maximum Gasteiger partial charge on any atom is 0.239 e. The highest BCUT2D eigenvalue weighted by Gasteiger charge is 2.19. The van der Waals surface area contributed by atoms with Crippen LogP contribution in [-0.4, -0.2) is 8.42 Å². The Kier molecular flexibility index (Phi) is 3.82. The second-order valence-corrected chi connectivity index (χ2v) is 6.05. The minimum absolute atomic E-state index is 0.0571. The largest absolute Gasteiger partial charge is 0.239 e. The van der Waals surface area contributed by atoms with Gasteiger partial charge in [0.1, 0.15) is 10.7 Å². The molecule has 0 aliphatic rings. The van der Waals surface area contributed by atoms with Gasteiger partial charge in [0, 0.05) is 11.1 Å². The van der Waals surface area contributed by atoms with Gasteiger partial charge in [-0.25, -0.2) is 17.9 Å². The second-order valence-electron chi connectivity index (χ2n) is 3.76. The lowest BCUT2D eigenvalue weighted by atomic mass is 10.1. The lowest BCUT2D eigenvalue weighted by Crippen LogP contribution is -2.12. The van der Waals surface area contributed by atoms with Crippen LogP contribution in [0.5, 0.6) is 0 Å². The smallest absolute Gasteiger partial charge is 0.225 e. The summed E-state index contributed by atoms with van der Waals surface area (Å²) in [6, 6.07) is 8.53. The van der Waals surface area contributed by atoms with Crippen molar-refractivity contribution in [2.45, 2.75) is 4.90 Å². The predicted octanol–water partition coefficient (Wildman–Crippen LogP) is 3.45. The molecule has 0 aliphatic carbocycles. The fourth-order valence-electron chi connectivity index (χ4n) is 1.64. The van der Waals surface area contributed by atoms with Gasteiger partial charge >= 0.3 is 0 Å². The fourth-order valence-corrected chi connectivity index (χ4v) is 3.06. The van der Waals surface area contributed by atoms with Crippen LogP contribution in [0.4, 0.5) is 4.39 Å². The first-order chi connectivity index (χ1) is 8.82. The highest BCUT2D eigenvalue weighted by molar-refractivity contribution is 7.89. The summed E-state index contributed by atoms with van der Waals surface area (Å²) in [7, 11) is -3.98. The van der Waals surface area contributed by atoms with Crippen molar-refractivity contribution in [2.24, 2.45) is 5.14 Å². The van der Waals surface area contributed by atoms with E-state index < -0.39 is 15.8 Å². The van der Waals surface area contributed by atoms with Gasteiger partial charge in [0.05, 0.1) is 10.0 Å². The van der Waals surface area contributed by atoms with Gasteiger partial charge in [0.25, 0.3) is 0 Å². The molecule has 0 saturated carbocycles. The molecular weight excluding hydrogens is 312 g/mol. The molecule has 0 atom stereocenters. The van der Waals surface area contributed by atoms with E-state index in [0.29, 0.717) is 5.56 Å². The third-order valence-corrected chi connectivity index (χ3v) is 4.46. The van der Waals surface area contributed by atoms with Crippen LogP contribution in [0, 0.1) is 5.82 Å². The zero-order valence-electron chi connectivity index (χ0n) is 9.40. The number of rotatable bonds is 2. The van der Waals surface area contributed by atoms with Gasteiger partial charge in [-0.3, -0.25) is 0 Å². The topological polar surface area (TPSA) is 60.2 Å². The first-order valence-corrected chi connectivity index (χ1v) is 7.38. The number of nitrogens with two attached hydrogens (primary N) is 1. The first kappa shape index (κ1) is 14.3. The fraction of sp³-hybridized carbons (Fsp3) is 0. The van der Waals surface area contributed by atoms with Gasteiger partial charge in [-0.1, -0.05) is 47.5 Å². The van der Waals surface area contributed by atoms with E-state index in [1.807, 2.05) is 0 Å². The normalized spacial score (nSPS) is 11.6. The van der Waals surface area contributed by atoms with Crippen LogP contribution in [0.2, 0.25) is 10.0 Å². The zero-order valence-corrected chi connectivity index (χ0v) is 11.7. The highest BCUT2D eigenvalue weighted by Crippen LogP contribution is 2.38. The van der Waals surface area contributed by atoms with Crippen molar-refractivity contribution in [3.8, 4) is 11.1 Å². The second kappa shape index (κ2) is 5.09. The van der Waals surface area contributed by atoms with Gasteiger partial charge < -0.3 is 0 Å². The van der Waals surface area contributed by atoms with Crippen molar-refractivity contribution >= 4 is 33.2 Å². The molecule has 0 unspecified atom stereocenters. The van der Waals surface area contributed by atoms with E-state index in [9.17, 15) is 12.8 Å². The van der Waals surface area contributed by atoms with E-state index in [-0.39, 0.29) is 20.5 Å². The Morgan fingerprint density at radius 1 is 0.947 bits per heavy atom. The van der Waals surface area contributed by atoms with Crippen LogP contribution in [0.15, 0.2) is 41.3 Å². The van der Waals surface area contributed by atoms with Crippen molar-refractivity contribution in [2.75, 3.05) is 0 Å². The Bertz CT molecular complexity index is 747. The lowest BCUT2D eigenvalue weighted by Gasteiger charge is -2.10. The highest BCUT2D eigenvalue weighted by atomic mass is 35.5. The third kappa shape index (κ3) is 2.74. The van der Waals surface area contributed by atoms with E-state index in [1.54, 1.807) is 6.07 Å². The number of primary sulfonamides is 1. The van der Waals surface area contributed by atoms with Crippen molar-refractivity contribution in [3.05, 3.63) is 52.3 Å². The van der Waals surface area contributed by atoms with Crippen LogP contribution in [0.3, 0.4) is 0 Å². The summed E-state index contributed by atoms with van der Waals surface area (Å²) >= 11 is 11.9. The molecular formula is C12H8Cl2FNO2S. The summed E-state index contributed by atoms with van der Waals surface area (Å²) in [5, 5.41) is 4.73. The number of sulfonamides is 1. The van der Waals surface area contributed by atoms with Crippen LogP contribution in [-0.2, 0) is 10.0 Å². The minimum atomic E-state index is -3.98. The minimum Gasteiger partial charge on any atom is -0.225 e. The Balaban J connectivity index is 2.70. The Morgan fingerprint density at radius 2 is 1.58 bits per heavy atom. The zero-order chi connectivity index (χ0) is 14.2. The summed E-state index contributed by atoms with van der Waals surface area (Å²) in [5.41, 5.74) is 0.535. The first-order valence-electron chi connectivity index (χ1n) is 5.08. The third-order valence-electron chi connectivity index (χ3n) is 2.52. The molecule has 100 valence electrons. The van der Waals surface area contributed by atoms with Crippen LogP contribution in [0.25, 0.3) is 11.1 Å². The molecule has 0 saturated heterocycles. The average molecular weight is 320 g/mol. The molecule has 19 heavy (non-hydrogen) atoms. The van der Waals surface area contributed by atoms with Gasteiger partial charge in [0.2, 0.25) is 10.0 Å². The van der Waals surface area contributed by atoms with Gasteiger partial charge in [-0.05, 0) is 12.1 Å². The van der Waals surface area contributed by atoms with Gasteiger partial charge in [-0.2, -0.15) is 0 Å². The molecule has 2 N–H and O–H groups in total. The summed E-state index contributed by atoms with van der Waals surface area (Å²) < 4.78 is 36.2. The van der Waals surface area contributed by atoms with Crippen molar-refractivity contribution in [1.82, 2.24) is 0 Å². The predicted molar refractivity (Wildman–Crippen MR) is 73.2 cm³/mol. The molecule has 2 aromatic rings. The molecule has 0 radical (unpaired) electrons. The van der Waals surface area contributed by atoms with Gasteiger partial charge in [0.15, 0.2) is 0 Å². The molecule has 2 rings (SSSR count). The average Bonchev–Trinajstić information content (AvgIpc) is 2.32. The lowest BCUT2D eigenvalue weighted by molar-refractivity contribution is 0.598. The Morgan fingerprint density at radius 3 is 2.16 bits per heavy atom. The number of hydrogen-bond acceptors (Lipinski definition) is 2. The molecule has 2 aromatic carbocycles. The number of benzene rings is 2. The van der Waals surface area contributed by atoms with E-state index in [4.69, 9.17) is 28.3 Å². The van der Waals surface area contributed by atoms with Crippen LogP contribution < -0.4 is 5.14 Å². The molecule has 0 fully saturated rings. The molecule has 0 amide bonds. The molecule has 3 nitrogen and oxygen atoms in total. The molecule has 0 spiro atoms. The summed E-state index contributed by atoms with van der Waals surface area (Å²) in [5.74, 6) is -0.483. The molecule has 0 bridgehead atoms. The Labute approximate surface area is 119 Å². The summed E-state index contributed by atoms with van der Waals surface area (Å²) in [4.78, 5) is -0.292. The van der Waals surface area contributed by atoms with Crippen LogP contribution >= 0.6 is 23.2 Å². The quantitative estimate of drug-likeness (QED) is 0.921. The monoisotopic (exact) mass is 319 g/mol. The maximum atomic E-state index is 13.7. The summed E-state index contributed by atoms with van der Waals surface area (Å²) in [6.45, 7) is 0. The number of halogens is 3. The molecule has 0 aliphatic heterocycles. The van der Waals surface area contributed by atoms with Crippen LogP contribution in [0.1, 0.15) is 0 Å². The van der Waals surface area contributed by atoms with E-state index >= 15 is 0 Å². The van der Waals surface area contributed by atoms with Crippen molar-refractivity contribution in [1.29, 1.82) is 0 Å². The van der Waals surface area contributed by atoms with Crippen molar-refractivity contribution < 1.29 is 12.8 Å². The van der Waals surface area contributed by atoms with Gasteiger partial charge in [-0.15, -0.1) is 0 Å². The summed E-state index contributed by atoms with van der Waals surface area (Å²) in [6.07, 6.45) is 0. The SMILES string of the molecule is NS(=O)(=O)c1ccc(-c2ccccc2F)c(Cl)c1Cl.